The number of carbonyl (C=O) groups is 4. The smallest absolute Gasteiger partial charge is 0.335 e. The van der Waals surface area contributed by atoms with Crippen LogP contribution in [0.25, 0.3) is 0 Å². The largest absolute Gasteiger partial charge is 0.479 e. The van der Waals surface area contributed by atoms with Gasteiger partial charge in [-0.3, -0.25) is 14.4 Å². The van der Waals surface area contributed by atoms with Gasteiger partial charge in [-0.1, -0.05) is 237 Å². The average Bonchev–Trinajstić information content (AvgIpc) is 3.39. The predicted molar refractivity (Wildman–Crippen MR) is 303 cm³/mol. The fourth-order valence-electron chi connectivity index (χ4n) is 9.40. The van der Waals surface area contributed by atoms with E-state index in [0.717, 1.165) is 109 Å². The third-order valence-corrected chi connectivity index (χ3v) is 14.2. The minimum absolute atomic E-state index is 0.0634. The number of aliphatic carboxylic acids is 1. The second-order valence-electron chi connectivity index (χ2n) is 21.3. The quantitative estimate of drug-likeness (QED) is 0.0228. The lowest BCUT2D eigenvalue weighted by molar-refractivity contribution is -0.301. The minimum Gasteiger partial charge on any atom is -0.479 e. The molecule has 12 nitrogen and oxygen atoms in total. The number of hydrogen-bond acceptors (Lipinski definition) is 11. The van der Waals surface area contributed by atoms with Gasteiger partial charge in [0.25, 0.3) is 0 Å². The Morgan fingerprint density at radius 3 is 1.27 bits per heavy atom. The molecule has 1 aliphatic rings. The summed E-state index contributed by atoms with van der Waals surface area (Å²) in [5.41, 5.74) is 0. The Kier molecular flexibility index (Phi) is 48.2. The lowest BCUT2D eigenvalue weighted by Crippen LogP contribution is -2.61. The Balaban J connectivity index is 2.66. The predicted octanol–water partition coefficient (Wildman–Crippen LogP) is 16.0. The zero-order valence-corrected chi connectivity index (χ0v) is 48.1. The van der Waals surface area contributed by atoms with Crippen molar-refractivity contribution in [3.05, 3.63) is 36.5 Å². The molecule has 0 bridgehead atoms. The van der Waals surface area contributed by atoms with Crippen molar-refractivity contribution in [1.29, 1.82) is 0 Å². The summed E-state index contributed by atoms with van der Waals surface area (Å²) in [6.45, 7) is 5.94. The highest BCUT2D eigenvalue weighted by atomic mass is 16.7. The fraction of sp³-hybridized carbons (Fsp3) is 0.841. The number of hydrogen-bond donors (Lipinski definition) is 3. The van der Waals surface area contributed by atoms with Crippen LogP contribution in [-0.2, 0) is 42.9 Å². The highest BCUT2D eigenvalue weighted by molar-refractivity contribution is 5.74. The molecule has 0 amide bonds. The molecular weight excluding hydrogens is 949 g/mol. The number of esters is 3. The second kappa shape index (κ2) is 51.7. The number of ether oxygens (including phenoxy) is 5. The van der Waals surface area contributed by atoms with E-state index in [2.05, 4.69) is 57.2 Å². The van der Waals surface area contributed by atoms with Gasteiger partial charge in [0.05, 0.1) is 6.61 Å². The molecule has 6 atom stereocenters. The third-order valence-electron chi connectivity index (χ3n) is 14.2. The van der Waals surface area contributed by atoms with Gasteiger partial charge in [-0.05, 0) is 70.6 Å². The molecule has 0 saturated carbocycles. The number of rotatable bonds is 53. The minimum atomic E-state index is -1.90. The van der Waals surface area contributed by atoms with Gasteiger partial charge in [0.1, 0.15) is 18.8 Å². The zero-order valence-electron chi connectivity index (χ0n) is 48.1. The van der Waals surface area contributed by atoms with Gasteiger partial charge in [-0.25, -0.2) is 4.79 Å². The highest BCUT2D eigenvalue weighted by Gasteiger charge is 2.50. The summed E-state index contributed by atoms with van der Waals surface area (Å²) < 4.78 is 28.5. The van der Waals surface area contributed by atoms with Crippen molar-refractivity contribution in [1.82, 2.24) is 0 Å². The number of carbonyl (C=O) groups excluding carboxylic acids is 3. The second-order valence-corrected chi connectivity index (χ2v) is 21.3. The summed E-state index contributed by atoms with van der Waals surface area (Å²) in [7, 11) is 0. The molecule has 1 rings (SSSR count). The number of aliphatic hydroxyl groups excluding tert-OH is 2. The molecule has 436 valence electrons. The van der Waals surface area contributed by atoms with Crippen LogP contribution in [0.3, 0.4) is 0 Å². The summed E-state index contributed by atoms with van der Waals surface area (Å²) in [6.07, 6.45) is 48.2. The molecule has 0 aromatic rings. The molecule has 6 unspecified atom stereocenters. The van der Waals surface area contributed by atoms with Gasteiger partial charge in [0.2, 0.25) is 0 Å². The number of allylic oxidation sites excluding steroid dienone is 6. The SMILES string of the molecule is CCC/C=C\C/C=C\CCCCCCCC(=O)OC(COC(=O)CCCCCCC/C=C\CCCCCCCC)COC1OC(C(=O)O)C(O)C(O)C1OC(=O)CCCCCCCCCCCCCCCCCCC. The van der Waals surface area contributed by atoms with Crippen molar-refractivity contribution in [2.45, 2.75) is 327 Å². The van der Waals surface area contributed by atoms with E-state index in [4.69, 9.17) is 23.7 Å². The summed E-state index contributed by atoms with van der Waals surface area (Å²) >= 11 is 0. The van der Waals surface area contributed by atoms with Crippen molar-refractivity contribution in [2.75, 3.05) is 13.2 Å². The van der Waals surface area contributed by atoms with E-state index in [-0.39, 0.29) is 25.9 Å². The maximum Gasteiger partial charge on any atom is 0.335 e. The molecule has 12 heteroatoms. The number of unbranched alkanes of at least 4 members (excludes halogenated alkanes) is 33. The van der Waals surface area contributed by atoms with Crippen LogP contribution in [-0.4, -0.2) is 89.2 Å². The van der Waals surface area contributed by atoms with Crippen LogP contribution >= 0.6 is 0 Å². The summed E-state index contributed by atoms with van der Waals surface area (Å²) in [6, 6.07) is 0. The lowest BCUT2D eigenvalue weighted by atomic mass is 9.98. The first-order valence-corrected chi connectivity index (χ1v) is 31.0. The molecule has 75 heavy (non-hydrogen) atoms. The molecule has 1 heterocycles. The van der Waals surface area contributed by atoms with Crippen LogP contribution in [0, 0.1) is 0 Å². The normalized spacial score (nSPS) is 18.3. The van der Waals surface area contributed by atoms with Gasteiger partial charge >= 0.3 is 23.9 Å². The van der Waals surface area contributed by atoms with E-state index >= 15 is 0 Å². The first kappa shape index (κ1) is 70.0. The van der Waals surface area contributed by atoms with E-state index in [9.17, 15) is 34.5 Å². The molecule has 3 N–H and O–H groups in total. The van der Waals surface area contributed by atoms with Crippen molar-refractivity contribution in [3.63, 3.8) is 0 Å². The van der Waals surface area contributed by atoms with Gasteiger partial charge < -0.3 is 39.0 Å². The van der Waals surface area contributed by atoms with E-state index in [1.807, 2.05) is 0 Å². The van der Waals surface area contributed by atoms with Crippen LogP contribution in [0.15, 0.2) is 36.5 Å². The molecule has 0 aliphatic carbocycles. The van der Waals surface area contributed by atoms with E-state index in [1.165, 1.54) is 122 Å². The maximum absolute atomic E-state index is 13.1. The summed E-state index contributed by atoms with van der Waals surface area (Å²) in [5, 5.41) is 31.5. The molecule has 1 aliphatic heterocycles. The summed E-state index contributed by atoms with van der Waals surface area (Å²) in [5.74, 6) is -3.12. The Bertz CT molecular complexity index is 1450. The van der Waals surface area contributed by atoms with Gasteiger partial charge in [0, 0.05) is 19.3 Å². The van der Waals surface area contributed by atoms with E-state index < -0.39 is 67.3 Å². The summed E-state index contributed by atoms with van der Waals surface area (Å²) in [4.78, 5) is 51.2. The van der Waals surface area contributed by atoms with Crippen molar-refractivity contribution >= 4 is 23.9 Å². The van der Waals surface area contributed by atoms with Crippen LogP contribution < -0.4 is 0 Å². The number of carboxylic acid groups (broad SMARTS) is 1. The van der Waals surface area contributed by atoms with Crippen molar-refractivity contribution in [2.24, 2.45) is 0 Å². The average molecular weight is 1060 g/mol. The van der Waals surface area contributed by atoms with Gasteiger partial charge in [-0.2, -0.15) is 0 Å². The highest BCUT2D eigenvalue weighted by Crippen LogP contribution is 2.27. The number of carboxylic acids is 1. The molecule has 0 radical (unpaired) electrons. The molecule has 0 spiro atoms. The van der Waals surface area contributed by atoms with E-state index in [1.54, 1.807) is 0 Å². The standard InChI is InChI=1S/C63H112O12/c1-4-7-10-13-16-19-22-25-27-28-30-33-36-39-42-45-48-51-57(66)74-61-59(68)58(67)60(62(69)70)75-63(61)72-53-54(73-56(65)50-47-44-41-38-35-31-24-21-18-15-12-9-6-3)52-71-55(64)49-46-43-40-37-34-32-29-26-23-20-17-14-11-8-5-2/h12,15,21,24,26,29,54,58-61,63,67-68H,4-11,13-14,16-20,22-23,25,27-28,30-53H2,1-3H3,(H,69,70)/b15-12-,24-21-,29-26-. The monoisotopic (exact) mass is 1060 g/mol. The fourth-order valence-corrected chi connectivity index (χ4v) is 9.40. The van der Waals surface area contributed by atoms with Gasteiger partial charge in [0.15, 0.2) is 24.6 Å². The first-order chi connectivity index (χ1) is 36.6. The molecule has 0 aromatic heterocycles. The Labute approximate surface area is 457 Å². The molecule has 1 fully saturated rings. The van der Waals surface area contributed by atoms with E-state index in [0.29, 0.717) is 19.3 Å². The molecule has 1 saturated heterocycles. The zero-order chi connectivity index (χ0) is 54.7. The van der Waals surface area contributed by atoms with Crippen molar-refractivity contribution in [3.8, 4) is 0 Å². The molecule has 0 aromatic carbocycles. The van der Waals surface area contributed by atoms with Crippen LogP contribution in [0.1, 0.15) is 290 Å². The van der Waals surface area contributed by atoms with Crippen LogP contribution in [0.5, 0.6) is 0 Å². The maximum atomic E-state index is 13.1. The van der Waals surface area contributed by atoms with Gasteiger partial charge in [-0.15, -0.1) is 0 Å². The van der Waals surface area contributed by atoms with Crippen LogP contribution in [0.2, 0.25) is 0 Å². The first-order valence-electron chi connectivity index (χ1n) is 31.0. The third kappa shape index (κ3) is 41.7. The Morgan fingerprint density at radius 1 is 0.440 bits per heavy atom. The van der Waals surface area contributed by atoms with Crippen LogP contribution in [0.4, 0.5) is 0 Å². The Morgan fingerprint density at radius 2 is 0.827 bits per heavy atom. The topological polar surface area (TPSA) is 175 Å². The molecular formula is C63H112O12. The Hall–Kier alpha value is -3.06. The number of aliphatic hydroxyl groups is 2. The van der Waals surface area contributed by atoms with Crippen molar-refractivity contribution < 1.29 is 58.2 Å². The lowest BCUT2D eigenvalue weighted by Gasteiger charge is -2.40.